The van der Waals surface area contributed by atoms with Crippen LogP contribution in [0.25, 0.3) is 11.3 Å². The summed E-state index contributed by atoms with van der Waals surface area (Å²) in [6.45, 7) is 6.10. The Balaban J connectivity index is 1.69. The minimum atomic E-state index is -1.11. The van der Waals surface area contributed by atoms with Crippen molar-refractivity contribution in [3.8, 4) is 23.1 Å². The summed E-state index contributed by atoms with van der Waals surface area (Å²) in [5.41, 5.74) is 0.0825. The fourth-order valence-corrected chi connectivity index (χ4v) is 4.50. The third-order valence-electron chi connectivity index (χ3n) is 6.71. The van der Waals surface area contributed by atoms with E-state index in [9.17, 15) is 14.4 Å². The van der Waals surface area contributed by atoms with Gasteiger partial charge in [0.15, 0.2) is 11.3 Å². The van der Waals surface area contributed by atoms with Gasteiger partial charge in [-0.15, -0.1) is 0 Å². The van der Waals surface area contributed by atoms with Crippen molar-refractivity contribution < 1.29 is 14.3 Å². The Morgan fingerprint density at radius 2 is 1.68 bits per heavy atom. The minimum absolute atomic E-state index is 0.267. The standard InChI is InChI=1S/C32H40N4O5/c1-4-40-30(38)32(2,3)41-27-20-15-17-25(24-27)16-11-14-22-35-29(37)28(26-18-9-8-10-19-26)34-36(31(35)39)23-13-7-5-6-12-21-33/h8-10,15,17-20,24H,4-7,11-14,16,22-23H2,1-3H3. The van der Waals surface area contributed by atoms with Crippen molar-refractivity contribution in [2.24, 2.45) is 0 Å². The highest BCUT2D eigenvalue weighted by molar-refractivity contribution is 5.79. The number of carbonyl (C=O) groups excluding carboxylic acids is 1. The van der Waals surface area contributed by atoms with E-state index in [1.54, 1.807) is 26.8 Å². The molecule has 2 aromatic carbocycles. The zero-order valence-electron chi connectivity index (χ0n) is 24.3. The third-order valence-corrected chi connectivity index (χ3v) is 6.71. The van der Waals surface area contributed by atoms with Gasteiger partial charge in [-0.05, 0) is 70.6 Å². The van der Waals surface area contributed by atoms with Crippen molar-refractivity contribution >= 4 is 5.97 Å². The molecule has 0 atom stereocenters. The number of esters is 1. The number of hydrogen-bond donors (Lipinski definition) is 0. The van der Waals surface area contributed by atoms with Gasteiger partial charge in [-0.25, -0.2) is 14.3 Å². The molecule has 1 heterocycles. The van der Waals surface area contributed by atoms with E-state index in [0.717, 1.165) is 44.1 Å². The maximum Gasteiger partial charge on any atom is 0.349 e. The fourth-order valence-electron chi connectivity index (χ4n) is 4.50. The molecular formula is C32H40N4O5. The average molecular weight is 561 g/mol. The summed E-state index contributed by atoms with van der Waals surface area (Å²) in [5.74, 6) is 0.154. The molecule has 0 saturated carbocycles. The summed E-state index contributed by atoms with van der Waals surface area (Å²) in [7, 11) is 0. The summed E-state index contributed by atoms with van der Waals surface area (Å²) < 4.78 is 13.7. The van der Waals surface area contributed by atoms with E-state index < -0.39 is 17.3 Å². The van der Waals surface area contributed by atoms with E-state index in [-0.39, 0.29) is 24.4 Å². The lowest BCUT2D eigenvalue weighted by Crippen LogP contribution is -2.42. The molecule has 0 aliphatic rings. The number of unbranched alkanes of at least 4 members (excludes halogenated alkanes) is 5. The van der Waals surface area contributed by atoms with Crippen LogP contribution >= 0.6 is 0 Å². The van der Waals surface area contributed by atoms with Gasteiger partial charge in [-0.1, -0.05) is 55.3 Å². The van der Waals surface area contributed by atoms with Crippen molar-refractivity contribution in [3.05, 3.63) is 81.0 Å². The summed E-state index contributed by atoms with van der Waals surface area (Å²) in [4.78, 5) is 38.8. The lowest BCUT2D eigenvalue weighted by atomic mass is 10.1. The maximum absolute atomic E-state index is 13.3. The normalized spacial score (nSPS) is 11.2. The van der Waals surface area contributed by atoms with Gasteiger partial charge in [0.05, 0.1) is 12.7 Å². The van der Waals surface area contributed by atoms with Crippen molar-refractivity contribution in [1.29, 1.82) is 5.26 Å². The van der Waals surface area contributed by atoms with Gasteiger partial charge in [-0.2, -0.15) is 10.4 Å². The number of hydrogen-bond acceptors (Lipinski definition) is 7. The number of nitrogens with zero attached hydrogens (tertiary/aromatic N) is 4. The molecule has 0 spiro atoms. The first-order valence-corrected chi connectivity index (χ1v) is 14.4. The average Bonchev–Trinajstić information content (AvgIpc) is 2.96. The summed E-state index contributed by atoms with van der Waals surface area (Å²) >= 11 is 0. The van der Waals surface area contributed by atoms with E-state index in [1.165, 1.54) is 9.25 Å². The van der Waals surface area contributed by atoms with Gasteiger partial charge < -0.3 is 9.47 Å². The first kappa shape index (κ1) is 31.3. The molecule has 41 heavy (non-hydrogen) atoms. The number of nitriles is 1. The monoisotopic (exact) mass is 560 g/mol. The number of carbonyl (C=O) groups is 1. The Morgan fingerprint density at radius 3 is 2.41 bits per heavy atom. The van der Waals surface area contributed by atoms with Crippen LogP contribution in [-0.4, -0.2) is 32.5 Å². The van der Waals surface area contributed by atoms with Gasteiger partial charge in [-0.3, -0.25) is 9.36 Å². The van der Waals surface area contributed by atoms with Crippen LogP contribution in [-0.2, 0) is 29.0 Å². The summed E-state index contributed by atoms with van der Waals surface area (Å²) in [6.07, 6.45) is 6.01. The first-order chi connectivity index (χ1) is 19.8. The molecule has 9 nitrogen and oxygen atoms in total. The van der Waals surface area contributed by atoms with Gasteiger partial charge in [0.1, 0.15) is 5.75 Å². The Bertz CT molecular complexity index is 1440. The van der Waals surface area contributed by atoms with Crippen molar-refractivity contribution in [2.75, 3.05) is 6.61 Å². The highest BCUT2D eigenvalue weighted by atomic mass is 16.6. The smallest absolute Gasteiger partial charge is 0.349 e. The topological polar surface area (TPSA) is 116 Å². The SMILES string of the molecule is CCOC(=O)C(C)(C)Oc1cccc(CCCCn2c(=O)c(-c3ccccc3)nn(CCCCCCC#N)c2=O)c1. The maximum atomic E-state index is 13.3. The third kappa shape index (κ3) is 9.17. The van der Waals surface area contributed by atoms with E-state index in [2.05, 4.69) is 11.2 Å². The van der Waals surface area contributed by atoms with Crippen LogP contribution < -0.4 is 16.0 Å². The number of rotatable bonds is 16. The van der Waals surface area contributed by atoms with Gasteiger partial charge in [0.2, 0.25) is 0 Å². The quantitative estimate of drug-likeness (QED) is 0.173. The second-order valence-corrected chi connectivity index (χ2v) is 10.4. The molecule has 0 amide bonds. The van der Waals surface area contributed by atoms with E-state index in [0.29, 0.717) is 30.7 Å². The predicted molar refractivity (Wildman–Crippen MR) is 158 cm³/mol. The second kappa shape index (κ2) is 15.6. The first-order valence-electron chi connectivity index (χ1n) is 14.4. The van der Waals surface area contributed by atoms with Crippen LogP contribution in [0, 0.1) is 11.3 Å². The molecule has 3 rings (SSSR count). The van der Waals surface area contributed by atoms with E-state index in [4.69, 9.17) is 14.7 Å². The van der Waals surface area contributed by atoms with Crippen LogP contribution in [0.2, 0.25) is 0 Å². The van der Waals surface area contributed by atoms with Crippen molar-refractivity contribution in [2.45, 2.75) is 90.8 Å². The van der Waals surface area contributed by atoms with Crippen molar-refractivity contribution in [1.82, 2.24) is 14.3 Å². The molecule has 0 unspecified atom stereocenters. The zero-order valence-corrected chi connectivity index (χ0v) is 24.3. The molecule has 3 aromatic rings. The molecular weight excluding hydrogens is 520 g/mol. The highest BCUT2D eigenvalue weighted by Crippen LogP contribution is 2.22. The summed E-state index contributed by atoms with van der Waals surface area (Å²) in [6, 6.07) is 18.9. The van der Waals surface area contributed by atoms with Crippen LogP contribution in [0.4, 0.5) is 0 Å². The van der Waals surface area contributed by atoms with Crippen LogP contribution in [0.15, 0.2) is 64.2 Å². The van der Waals surface area contributed by atoms with E-state index in [1.807, 2.05) is 48.5 Å². The van der Waals surface area contributed by atoms with Crippen LogP contribution in [0.5, 0.6) is 5.75 Å². The Hall–Kier alpha value is -4.19. The molecule has 0 aliphatic carbocycles. The lowest BCUT2D eigenvalue weighted by molar-refractivity contribution is -0.158. The fraction of sp³-hybridized carbons (Fsp3) is 0.469. The number of aromatic nitrogens is 3. The largest absolute Gasteiger partial charge is 0.476 e. The zero-order chi connectivity index (χ0) is 29.7. The molecule has 0 fully saturated rings. The van der Waals surface area contributed by atoms with E-state index >= 15 is 0 Å². The molecule has 0 aliphatic heterocycles. The van der Waals surface area contributed by atoms with Crippen LogP contribution in [0.1, 0.15) is 71.3 Å². The van der Waals surface area contributed by atoms with Crippen LogP contribution in [0.3, 0.4) is 0 Å². The second-order valence-electron chi connectivity index (χ2n) is 10.4. The minimum Gasteiger partial charge on any atom is -0.476 e. The molecule has 0 N–H and O–H groups in total. The molecule has 0 radical (unpaired) electrons. The molecule has 218 valence electrons. The number of ether oxygens (including phenoxy) is 2. The molecule has 9 heteroatoms. The lowest BCUT2D eigenvalue weighted by Gasteiger charge is -2.24. The Kier molecular flexibility index (Phi) is 11.9. The van der Waals surface area contributed by atoms with Gasteiger partial charge >= 0.3 is 11.7 Å². The molecule has 0 bridgehead atoms. The number of benzene rings is 2. The molecule has 0 saturated heterocycles. The Labute approximate surface area is 241 Å². The van der Waals surface area contributed by atoms with Crippen molar-refractivity contribution in [3.63, 3.8) is 0 Å². The predicted octanol–water partition coefficient (Wildman–Crippen LogP) is 5.29. The van der Waals surface area contributed by atoms with Gasteiger partial charge in [0, 0.05) is 25.1 Å². The summed E-state index contributed by atoms with van der Waals surface area (Å²) in [5, 5.41) is 13.2. The molecule has 1 aromatic heterocycles. The highest BCUT2D eigenvalue weighted by Gasteiger charge is 2.31. The number of aryl methyl sites for hydroxylation is 2. The van der Waals surface area contributed by atoms with Gasteiger partial charge in [0.25, 0.3) is 5.56 Å². The Morgan fingerprint density at radius 1 is 0.951 bits per heavy atom.